The van der Waals surface area contributed by atoms with Gasteiger partial charge in [-0.05, 0) is 37.0 Å². The van der Waals surface area contributed by atoms with Crippen molar-refractivity contribution in [3.8, 4) is 0 Å². The van der Waals surface area contributed by atoms with Crippen LogP contribution >= 0.6 is 0 Å². The van der Waals surface area contributed by atoms with Crippen molar-refractivity contribution in [1.29, 1.82) is 0 Å². The van der Waals surface area contributed by atoms with Gasteiger partial charge >= 0.3 is 0 Å². The minimum Gasteiger partial charge on any atom is -0.356 e. The van der Waals surface area contributed by atoms with Crippen LogP contribution in [0.25, 0.3) is 11.0 Å². The van der Waals surface area contributed by atoms with E-state index >= 15 is 0 Å². The Hall–Kier alpha value is -1.93. The number of aromatic nitrogens is 2. The molecule has 0 spiro atoms. The van der Waals surface area contributed by atoms with Gasteiger partial charge in [0.15, 0.2) is 0 Å². The number of rotatable bonds is 14. The first-order chi connectivity index (χ1) is 15.2. The first-order valence-electron chi connectivity index (χ1n) is 11.9. The summed E-state index contributed by atoms with van der Waals surface area (Å²) in [5.74, 6) is 1.41. The van der Waals surface area contributed by atoms with Crippen LogP contribution in [0.5, 0.6) is 0 Å². The first kappa shape index (κ1) is 26.3. The third-order valence-corrected chi connectivity index (χ3v) is 7.83. The van der Waals surface area contributed by atoms with Gasteiger partial charge in [0.05, 0.1) is 15.9 Å². The fourth-order valence-corrected chi connectivity index (χ4v) is 4.72. The molecule has 0 aliphatic carbocycles. The molecule has 1 heterocycles. The Morgan fingerprint density at radius 2 is 1.88 bits per heavy atom. The molecule has 0 aliphatic rings. The first-order valence-corrected chi connectivity index (χ1v) is 13.4. The number of hydrogen-bond donors (Lipinski definition) is 1. The molecule has 8 heteroatoms. The van der Waals surface area contributed by atoms with Crippen molar-refractivity contribution < 1.29 is 13.2 Å². The molecule has 32 heavy (non-hydrogen) atoms. The van der Waals surface area contributed by atoms with Gasteiger partial charge in [0.25, 0.3) is 0 Å². The average molecular weight is 465 g/mol. The monoisotopic (exact) mass is 464 g/mol. The minimum atomic E-state index is -3.52. The summed E-state index contributed by atoms with van der Waals surface area (Å²) in [4.78, 5) is 17.4. The third kappa shape index (κ3) is 6.78. The second-order valence-electron chi connectivity index (χ2n) is 8.69. The van der Waals surface area contributed by atoms with E-state index in [4.69, 9.17) is 4.98 Å². The second kappa shape index (κ2) is 12.3. The van der Waals surface area contributed by atoms with E-state index in [0.29, 0.717) is 24.3 Å². The molecular formula is C24H40N4O3S. The molecule has 7 nitrogen and oxygen atoms in total. The lowest BCUT2D eigenvalue weighted by Gasteiger charge is -2.15. The summed E-state index contributed by atoms with van der Waals surface area (Å²) < 4.78 is 28.4. The van der Waals surface area contributed by atoms with E-state index < -0.39 is 10.0 Å². The molecule has 2 rings (SSSR count). The zero-order chi connectivity index (χ0) is 23.7. The number of aryl methyl sites for hydroxylation is 2. The zero-order valence-electron chi connectivity index (χ0n) is 20.4. The van der Waals surface area contributed by atoms with Crippen molar-refractivity contribution in [3.05, 3.63) is 24.0 Å². The van der Waals surface area contributed by atoms with E-state index in [1.54, 1.807) is 12.1 Å². The average Bonchev–Trinajstić information content (AvgIpc) is 3.12. The maximum Gasteiger partial charge on any atom is 0.242 e. The van der Waals surface area contributed by atoms with E-state index in [2.05, 4.69) is 30.7 Å². The molecule has 180 valence electrons. The van der Waals surface area contributed by atoms with Crippen LogP contribution in [0.1, 0.15) is 71.5 Å². The number of imidazole rings is 1. The molecule has 2 aromatic rings. The SMILES string of the molecule is CCCCC(CC)CNC(=O)CCc1nc2cc(S(=O)(=O)N(C)C)ccc2n1CCCC. The van der Waals surface area contributed by atoms with Gasteiger partial charge in [0.1, 0.15) is 5.82 Å². The number of nitrogens with zero attached hydrogens (tertiary/aromatic N) is 3. The maximum atomic E-state index is 12.5. The third-order valence-electron chi connectivity index (χ3n) is 6.02. The summed E-state index contributed by atoms with van der Waals surface area (Å²) in [5.41, 5.74) is 1.57. The lowest BCUT2D eigenvalue weighted by Crippen LogP contribution is -2.29. The van der Waals surface area contributed by atoms with Crippen molar-refractivity contribution >= 4 is 27.0 Å². The van der Waals surface area contributed by atoms with Crippen molar-refractivity contribution in [2.45, 2.75) is 83.6 Å². The molecule has 0 radical (unpaired) electrons. The standard InChI is InChI=1S/C24H40N4O3S/c1-6-9-11-19(8-3)18-25-24(29)15-14-23-26-21-17-20(32(30,31)27(4)5)12-13-22(21)28(23)16-10-7-2/h12-13,17,19H,6-11,14-16,18H2,1-5H3,(H,25,29). The van der Waals surface area contributed by atoms with Gasteiger partial charge in [-0.15, -0.1) is 0 Å². The van der Waals surface area contributed by atoms with E-state index in [-0.39, 0.29) is 10.8 Å². The summed E-state index contributed by atoms with van der Waals surface area (Å²) >= 11 is 0. The molecule has 1 aromatic carbocycles. The predicted octanol–water partition coefficient (Wildman–Crippen LogP) is 4.35. The number of nitrogens with one attached hydrogen (secondary N) is 1. The summed E-state index contributed by atoms with van der Waals surface area (Å²) in [6.07, 6.45) is 7.55. The van der Waals surface area contributed by atoms with E-state index in [1.165, 1.54) is 31.2 Å². The summed E-state index contributed by atoms with van der Waals surface area (Å²) in [6.45, 7) is 8.03. The number of sulfonamides is 1. The Morgan fingerprint density at radius 1 is 1.16 bits per heavy atom. The number of hydrogen-bond acceptors (Lipinski definition) is 4. The van der Waals surface area contributed by atoms with Crippen LogP contribution in [0, 0.1) is 5.92 Å². The molecular weight excluding hydrogens is 424 g/mol. The summed E-state index contributed by atoms with van der Waals surface area (Å²) in [5, 5.41) is 3.09. The molecule has 1 N–H and O–H groups in total. The molecule has 1 amide bonds. The number of carbonyl (C=O) groups excluding carboxylic acids is 1. The highest BCUT2D eigenvalue weighted by Crippen LogP contribution is 2.23. The number of benzene rings is 1. The predicted molar refractivity (Wildman–Crippen MR) is 130 cm³/mol. The van der Waals surface area contributed by atoms with Gasteiger partial charge in [0, 0.05) is 40.0 Å². The quantitative estimate of drug-likeness (QED) is 0.450. The second-order valence-corrected chi connectivity index (χ2v) is 10.8. The number of amides is 1. The largest absolute Gasteiger partial charge is 0.356 e. The number of fused-ring (bicyclic) bond motifs is 1. The Kier molecular flexibility index (Phi) is 10.2. The van der Waals surface area contributed by atoms with Gasteiger partial charge in [-0.25, -0.2) is 17.7 Å². The highest BCUT2D eigenvalue weighted by Gasteiger charge is 2.20. The van der Waals surface area contributed by atoms with Gasteiger partial charge in [-0.2, -0.15) is 0 Å². The molecule has 1 atom stereocenters. The molecule has 0 saturated carbocycles. The Balaban J connectivity index is 2.16. The Morgan fingerprint density at radius 3 is 2.50 bits per heavy atom. The van der Waals surface area contributed by atoms with Crippen molar-refractivity contribution in [2.75, 3.05) is 20.6 Å². The van der Waals surface area contributed by atoms with Crippen molar-refractivity contribution in [3.63, 3.8) is 0 Å². The highest BCUT2D eigenvalue weighted by molar-refractivity contribution is 7.89. The van der Waals surface area contributed by atoms with E-state index in [0.717, 1.165) is 50.1 Å². The minimum absolute atomic E-state index is 0.0462. The van der Waals surface area contributed by atoms with Crippen LogP contribution in [-0.4, -0.2) is 48.8 Å². The lowest BCUT2D eigenvalue weighted by atomic mass is 9.99. The fourth-order valence-electron chi connectivity index (χ4n) is 3.80. The molecule has 1 aromatic heterocycles. The van der Waals surface area contributed by atoms with Crippen LogP contribution in [0.4, 0.5) is 0 Å². The van der Waals surface area contributed by atoms with Crippen molar-refractivity contribution in [2.24, 2.45) is 5.92 Å². The summed E-state index contributed by atoms with van der Waals surface area (Å²) in [7, 11) is -0.474. The van der Waals surface area contributed by atoms with Crippen LogP contribution in [0.2, 0.25) is 0 Å². The molecule has 0 bridgehead atoms. The normalized spacial score (nSPS) is 13.1. The smallest absolute Gasteiger partial charge is 0.242 e. The van der Waals surface area contributed by atoms with Gasteiger partial charge in [-0.3, -0.25) is 4.79 Å². The Bertz CT molecular complexity index is 983. The van der Waals surface area contributed by atoms with Crippen molar-refractivity contribution in [1.82, 2.24) is 19.2 Å². The highest BCUT2D eigenvalue weighted by atomic mass is 32.2. The summed E-state index contributed by atoms with van der Waals surface area (Å²) in [6, 6.07) is 5.10. The molecule has 0 saturated heterocycles. The van der Waals surface area contributed by atoms with Gasteiger partial charge in [0.2, 0.25) is 15.9 Å². The van der Waals surface area contributed by atoms with Crippen LogP contribution in [-0.2, 0) is 27.8 Å². The molecule has 1 unspecified atom stereocenters. The zero-order valence-corrected chi connectivity index (χ0v) is 21.2. The fraction of sp³-hybridized carbons (Fsp3) is 0.667. The van der Waals surface area contributed by atoms with Gasteiger partial charge < -0.3 is 9.88 Å². The lowest BCUT2D eigenvalue weighted by molar-refractivity contribution is -0.121. The maximum absolute atomic E-state index is 12.5. The van der Waals surface area contributed by atoms with E-state index in [1.807, 2.05) is 6.07 Å². The molecule has 0 fully saturated rings. The van der Waals surface area contributed by atoms with Gasteiger partial charge in [-0.1, -0.05) is 46.5 Å². The van der Waals surface area contributed by atoms with Crippen LogP contribution < -0.4 is 5.32 Å². The van der Waals surface area contributed by atoms with Crippen LogP contribution in [0.3, 0.4) is 0 Å². The van der Waals surface area contributed by atoms with Crippen LogP contribution in [0.15, 0.2) is 23.1 Å². The number of carbonyl (C=O) groups is 1. The topological polar surface area (TPSA) is 84.3 Å². The number of unbranched alkanes of at least 4 members (excludes halogenated alkanes) is 2. The molecule has 0 aliphatic heterocycles. The van der Waals surface area contributed by atoms with E-state index in [9.17, 15) is 13.2 Å². The Labute approximate surface area is 193 Å².